The minimum absolute atomic E-state index is 0.0363. The average molecular weight is 493 g/mol. The number of carbonyl (C=O) groups excluding carboxylic acids is 2. The number of carbonyl (C=O) groups is 2. The van der Waals surface area contributed by atoms with Crippen LogP contribution in [0.2, 0.25) is 0 Å². The third-order valence-electron chi connectivity index (χ3n) is 5.85. The van der Waals surface area contributed by atoms with Crippen molar-refractivity contribution in [1.82, 2.24) is 14.4 Å². The highest BCUT2D eigenvalue weighted by atomic mass is 16.5. The van der Waals surface area contributed by atoms with Crippen molar-refractivity contribution in [3.63, 3.8) is 0 Å². The number of hydrogen-bond donors (Lipinski definition) is 1. The van der Waals surface area contributed by atoms with Gasteiger partial charge in [-0.2, -0.15) is 0 Å². The number of methoxy groups -OCH3 is 1. The third kappa shape index (κ3) is 8.16. The molecule has 0 spiro atoms. The number of anilines is 1. The van der Waals surface area contributed by atoms with Gasteiger partial charge in [-0.1, -0.05) is 30.3 Å². The molecule has 0 saturated heterocycles. The number of rotatable bonds is 13. The van der Waals surface area contributed by atoms with E-state index >= 15 is 0 Å². The van der Waals surface area contributed by atoms with Gasteiger partial charge in [0.15, 0.2) is 0 Å². The summed E-state index contributed by atoms with van der Waals surface area (Å²) in [6, 6.07) is 20.6. The number of amides is 3. The smallest absolute Gasteiger partial charge is 0.322 e. The molecule has 8 nitrogen and oxygen atoms in total. The Morgan fingerprint density at radius 3 is 2.33 bits per heavy atom. The van der Waals surface area contributed by atoms with E-state index < -0.39 is 0 Å². The van der Waals surface area contributed by atoms with Crippen LogP contribution in [0.15, 0.2) is 72.9 Å². The van der Waals surface area contributed by atoms with Gasteiger partial charge in [-0.15, -0.1) is 0 Å². The average Bonchev–Trinajstić information content (AvgIpc) is 3.30. The molecule has 3 aromatic rings. The number of aryl methyl sites for hydroxylation is 1. The van der Waals surface area contributed by atoms with Crippen molar-refractivity contribution < 1.29 is 19.1 Å². The van der Waals surface area contributed by atoms with E-state index in [4.69, 9.17) is 9.47 Å². The lowest BCUT2D eigenvalue weighted by molar-refractivity contribution is -0.133. The van der Waals surface area contributed by atoms with Gasteiger partial charge in [-0.3, -0.25) is 4.79 Å². The van der Waals surface area contributed by atoms with Gasteiger partial charge in [0.1, 0.15) is 12.3 Å². The highest BCUT2D eigenvalue weighted by Gasteiger charge is 2.22. The summed E-state index contributed by atoms with van der Waals surface area (Å²) in [6.07, 6.45) is 2.59. The Morgan fingerprint density at radius 1 is 0.944 bits per heavy atom. The fourth-order valence-corrected chi connectivity index (χ4v) is 3.79. The molecule has 0 saturated carbocycles. The number of urea groups is 1. The first-order chi connectivity index (χ1) is 17.5. The number of nitrogens with one attached hydrogen (secondary N) is 1. The van der Waals surface area contributed by atoms with Crippen molar-refractivity contribution in [1.29, 1.82) is 0 Å². The van der Waals surface area contributed by atoms with Crippen LogP contribution in [0.4, 0.5) is 10.5 Å². The number of hydrogen-bond acceptors (Lipinski definition) is 4. The van der Waals surface area contributed by atoms with Crippen LogP contribution in [0, 0.1) is 0 Å². The zero-order valence-corrected chi connectivity index (χ0v) is 21.4. The molecule has 0 aliphatic rings. The van der Waals surface area contributed by atoms with Gasteiger partial charge in [0, 0.05) is 50.9 Å². The van der Waals surface area contributed by atoms with E-state index in [0.29, 0.717) is 50.7 Å². The second-order valence-electron chi connectivity index (χ2n) is 8.48. The highest BCUT2D eigenvalue weighted by molar-refractivity contribution is 5.92. The van der Waals surface area contributed by atoms with Gasteiger partial charge in [-0.25, -0.2) is 4.79 Å². The third-order valence-corrected chi connectivity index (χ3v) is 5.85. The van der Waals surface area contributed by atoms with E-state index in [1.807, 2.05) is 67.2 Å². The van der Waals surface area contributed by atoms with E-state index in [-0.39, 0.29) is 18.5 Å². The summed E-state index contributed by atoms with van der Waals surface area (Å²) in [6.45, 7) is 4.33. The molecule has 1 aromatic heterocycles. The van der Waals surface area contributed by atoms with E-state index in [2.05, 4.69) is 5.32 Å². The lowest BCUT2D eigenvalue weighted by Crippen LogP contribution is -2.44. The van der Waals surface area contributed by atoms with Gasteiger partial charge < -0.3 is 29.2 Å². The molecule has 0 unspecified atom stereocenters. The first-order valence-electron chi connectivity index (χ1n) is 12.2. The predicted molar refractivity (Wildman–Crippen MR) is 141 cm³/mol. The van der Waals surface area contributed by atoms with Crippen LogP contribution in [-0.2, 0) is 29.7 Å². The van der Waals surface area contributed by atoms with Gasteiger partial charge in [0.25, 0.3) is 0 Å². The molecule has 0 radical (unpaired) electrons. The highest BCUT2D eigenvalue weighted by Crippen LogP contribution is 2.16. The molecule has 0 fully saturated rings. The lowest BCUT2D eigenvalue weighted by Gasteiger charge is -2.28. The molecule has 1 N–H and O–H groups in total. The van der Waals surface area contributed by atoms with Crippen molar-refractivity contribution in [2.24, 2.45) is 7.05 Å². The van der Waals surface area contributed by atoms with Gasteiger partial charge in [-0.05, 0) is 55.3 Å². The summed E-state index contributed by atoms with van der Waals surface area (Å²) < 4.78 is 12.6. The van der Waals surface area contributed by atoms with Crippen molar-refractivity contribution in [3.8, 4) is 5.75 Å². The maximum absolute atomic E-state index is 13.6. The molecule has 3 amide bonds. The molecule has 0 aliphatic carbocycles. The zero-order valence-electron chi connectivity index (χ0n) is 21.4. The molecular formula is C28H36N4O4. The summed E-state index contributed by atoms with van der Waals surface area (Å²) in [5, 5.41) is 2.90. The normalized spacial score (nSPS) is 10.6. The van der Waals surface area contributed by atoms with Crippen LogP contribution in [0.1, 0.15) is 24.6 Å². The van der Waals surface area contributed by atoms with E-state index in [9.17, 15) is 9.59 Å². The van der Waals surface area contributed by atoms with Crippen molar-refractivity contribution >= 4 is 17.6 Å². The van der Waals surface area contributed by atoms with Crippen LogP contribution in [-0.4, -0.2) is 59.7 Å². The van der Waals surface area contributed by atoms with E-state index in [0.717, 1.165) is 11.3 Å². The van der Waals surface area contributed by atoms with Crippen LogP contribution < -0.4 is 10.1 Å². The van der Waals surface area contributed by atoms with Gasteiger partial charge in [0.2, 0.25) is 5.91 Å². The van der Waals surface area contributed by atoms with E-state index in [1.165, 1.54) is 0 Å². The molecule has 8 heteroatoms. The molecule has 0 bridgehead atoms. The topological polar surface area (TPSA) is 76.0 Å². The van der Waals surface area contributed by atoms with Crippen LogP contribution in [0.3, 0.4) is 0 Å². The summed E-state index contributed by atoms with van der Waals surface area (Å²) in [5.74, 6) is 0.579. The van der Waals surface area contributed by atoms with Gasteiger partial charge in [0.05, 0.1) is 13.7 Å². The second-order valence-corrected chi connectivity index (χ2v) is 8.48. The molecule has 3 rings (SSSR count). The van der Waals surface area contributed by atoms with Crippen LogP contribution in [0.5, 0.6) is 5.75 Å². The van der Waals surface area contributed by atoms with E-state index in [1.54, 1.807) is 41.2 Å². The SMILES string of the molecule is CCOCCCN(CC(=O)N(Cc1ccccc1)Cc1cccn1C)C(=O)Nc1ccc(OC)cc1. The molecular weight excluding hydrogens is 456 g/mol. The Labute approximate surface area is 213 Å². The number of ether oxygens (including phenoxy) is 2. The maximum Gasteiger partial charge on any atom is 0.322 e. The number of benzene rings is 2. The Bertz CT molecular complexity index is 1080. The Balaban J connectivity index is 1.74. The quantitative estimate of drug-likeness (QED) is 0.356. The first-order valence-corrected chi connectivity index (χ1v) is 12.2. The fraction of sp³-hybridized carbons (Fsp3) is 0.357. The molecule has 0 atom stereocenters. The molecule has 192 valence electrons. The molecule has 0 aliphatic heterocycles. The first kappa shape index (κ1) is 26.8. The summed E-state index contributed by atoms with van der Waals surface area (Å²) in [4.78, 5) is 30.1. The summed E-state index contributed by atoms with van der Waals surface area (Å²) in [7, 11) is 3.55. The minimum atomic E-state index is -0.330. The predicted octanol–water partition coefficient (Wildman–Crippen LogP) is 4.52. The minimum Gasteiger partial charge on any atom is -0.497 e. The van der Waals surface area contributed by atoms with Crippen LogP contribution >= 0.6 is 0 Å². The Hall–Kier alpha value is -3.78. The maximum atomic E-state index is 13.6. The largest absolute Gasteiger partial charge is 0.497 e. The molecule has 2 aromatic carbocycles. The zero-order chi connectivity index (χ0) is 25.8. The summed E-state index contributed by atoms with van der Waals surface area (Å²) >= 11 is 0. The lowest BCUT2D eigenvalue weighted by atomic mass is 10.2. The Kier molecular flexibility index (Phi) is 10.4. The van der Waals surface area contributed by atoms with Gasteiger partial charge >= 0.3 is 6.03 Å². The summed E-state index contributed by atoms with van der Waals surface area (Å²) in [5.41, 5.74) is 2.68. The van der Waals surface area contributed by atoms with Crippen molar-refractivity contribution in [3.05, 3.63) is 84.2 Å². The second kappa shape index (κ2) is 13.9. The Morgan fingerprint density at radius 2 is 1.69 bits per heavy atom. The van der Waals surface area contributed by atoms with Crippen molar-refractivity contribution in [2.75, 3.05) is 38.7 Å². The van der Waals surface area contributed by atoms with Crippen molar-refractivity contribution in [2.45, 2.75) is 26.4 Å². The molecule has 1 heterocycles. The molecule has 36 heavy (non-hydrogen) atoms. The number of aromatic nitrogens is 1. The standard InChI is InChI=1S/C28H36N4O4/c1-4-36-19-9-18-31(28(34)29-24-13-15-26(35-3)16-14-24)22-27(33)32(20-23-10-6-5-7-11-23)21-25-12-8-17-30(25)2/h5-8,10-17H,4,9,18-22H2,1-3H3,(H,29,34). The number of nitrogens with zero attached hydrogens (tertiary/aromatic N) is 3. The van der Waals surface area contributed by atoms with Crippen LogP contribution in [0.25, 0.3) is 0 Å². The fourth-order valence-electron chi connectivity index (χ4n) is 3.79. The monoisotopic (exact) mass is 492 g/mol.